The smallest absolute Gasteiger partial charge is 0.224 e. The second kappa shape index (κ2) is 13.0. The zero-order valence-electron chi connectivity index (χ0n) is 19.2. The number of aliphatic imine (C=N–C) groups is 1. The summed E-state index contributed by atoms with van der Waals surface area (Å²) in [5, 5.41) is 3.40. The van der Waals surface area contributed by atoms with E-state index in [1.54, 1.807) is 7.11 Å². The Morgan fingerprint density at radius 2 is 1.84 bits per heavy atom. The largest absolute Gasteiger partial charge is 0.497 e. The first-order valence-electron chi connectivity index (χ1n) is 11.3. The summed E-state index contributed by atoms with van der Waals surface area (Å²) in [5.41, 5.74) is 1.22. The van der Waals surface area contributed by atoms with Gasteiger partial charge in [0, 0.05) is 57.9 Å². The van der Waals surface area contributed by atoms with Crippen LogP contribution in [0.15, 0.2) is 29.3 Å². The predicted molar refractivity (Wildman–Crippen MR) is 138 cm³/mol. The zero-order chi connectivity index (χ0) is 21.3. The molecular formula is C23H38IN5O2. The quantitative estimate of drug-likeness (QED) is 0.340. The molecular weight excluding hydrogens is 505 g/mol. The first-order valence-corrected chi connectivity index (χ1v) is 11.3. The Morgan fingerprint density at radius 1 is 1.13 bits per heavy atom. The third-order valence-electron chi connectivity index (χ3n) is 5.95. The van der Waals surface area contributed by atoms with E-state index in [1.807, 2.05) is 17.0 Å². The standard InChI is InChI=1S/C23H37N5O2.HI/c1-4-24-23(25-12-11-22(29)28-13-5-6-19(2)18-28)27-16-14-26(15-17-27)20-7-9-21(30-3)10-8-20;/h7-10,19H,4-6,11-18H2,1-3H3,(H,24,25);1H. The van der Waals surface area contributed by atoms with Crippen molar-refractivity contribution in [2.24, 2.45) is 10.9 Å². The van der Waals surface area contributed by atoms with Crippen LogP contribution in [0.4, 0.5) is 5.69 Å². The Kier molecular flexibility index (Phi) is 10.7. The number of anilines is 1. The van der Waals surface area contributed by atoms with Gasteiger partial charge in [-0.1, -0.05) is 6.92 Å². The van der Waals surface area contributed by atoms with E-state index in [-0.39, 0.29) is 29.9 Å². The van der Waals surface area contributed by atoms with Gasteiger partial charge in [-0.3, -0.25) is 9.79 Å². The lowest BCUT2D eigenvalue weighted by Crippen LogP contribution is -2.52. The van der Waals surface area contributed by atoms with E-state index in [1.165, 1.54) is 12.1 Å². The Hall–Kier alpha value is -1.71. The molecule has 174 valence electrons. The topological polar surface area (TPSA) is 60.4 Å². The number of halogens is 1. The molecule has 2 aliphatic rings. The SMILES string of the molecule is CCNC(=NCCC(=O)N1CCCC(C)C1)N1CCN(c2ccc(OC)cc2)CC1.I. The fourth-order valence-corrected chi connectivity index (χ4v) is 4.23. The number of ether oxygens (including phenoxy) is 1. The molecule has 0 aliphatic carbocycles. The van der Waals surface area contributed by atoms with Crippen LogP contribution < -0.4 is 15.0 Å². The number of benzene rings is 1. The van der Waals surface area contributed by atoms with Gasteiger partial charge in [0.1, 0.15) is 5.75 Å². The van der Waals surface area contributed by atoms with Crippen molar-refractivity contribution >= 4 is 41.5 Å². The molecule has 2 fully saturated rings. The Morgan fingerprint density at radius 3 is 2.45 bits per heavy atom. The molecule has 2 saturated heterocycles. The minimum absolute atomic E-state index is 0. The Bertz CT molecular complexity index is 704. The maximum Gasteiger partial charge on any atom is 0.224 e. The second-order valence-electron chi connectivity index (χ2n) is 8.24. The maximum atomic E-state index is 12.5. The van der Waals surface area contributed by atoms with Crippen LogP contribution in [0.25, 0.3) is 0 Å². The number of methoxy groups -OCH3 is 1. The third kappa shape index (κ3) is 7.43. The highest BCUT2D eigenvalue weighted by molar-refractivity contribution is 14.0. The van der Waals surface area contributed by atoms with Crippen LogP contribution in [0.1, 0.15) is 33.1 Å². The third-order valence-corrected chi connectivity index (χ3v) is 5.95. The first-order chi connectivity index (χ1) is 14.6. The van der Waals surface area contributed by atoms with E-state index in [0.29, 0.717) is 18.9 Å². The van der Waals surface area contributed by atoms with Gasteiger partial charge in [-0.2, -0.15) is 0 Å². The van der Waals surface area contributed by atoms with E-state index >= 15 is 0 Å². The van der Waals surface area contributed by atoms with Gasteiger partial charge in [0.15, 0.2) is 5.96 Å². The first kappa shape index (κ1) is 25.5. The number of piperazine rings is 1. The molecule has 1 amide bonds. The molecule has 3 rings (SSSR count). The Balaban J connectivity index is 0.00000341. The predicted octanol–water partition coefficient (Wildman–Crippen LogP) is 3.05. The van der Waals surface area contributed by atoms with Crippen molar-refractivity contribution in [3.8, 4) is 5.75 Å². The summed E-state index contributed by atoms with van der Waals surface area (Å²) in [6.07, 6.45) is 2.85. The van der Waals surface area contributed by atoms with Gasteiger partial charge < -0.3 is 24.8 Å². The molecule has 0 bridgehead atoms. The highest BCUT2D eigenvalue weighted by Gasteiger charge is 2.22. The molecule has 31 heavy (non-hydrogen) atoms. The molecule has 7 nitrogen and oxygen atoms in total. The molecule has 0 spiro atoms. The van der Waals surface area contributed by atoms with E-state index < -0.39 is 0 Å². The second-order valence-corrected chi connectivity index (χ2v) is 8.24. The number of nitrogens with one attached hydrogen (secondary N) is 1. The van der Waals surface area contributed by atoms with Crippen LogP contribution >= 0.6 is 24.0 Å². The molecule has 2 heterocycles. The molecule has 1 atom stereocenters. The highest BCUT2D eigenvalue weighted by atomic mass is 127. The van der Waals surface area contributed by atoms with E-state index in [0.717, 1.165) is 63.9 Å². The van der Waals surface area contributed by atoms with E-state index in [4.69, 9.17) is 9.73 Å². The summed E-state index contributed by atoms with van der Waals surface area (Å²) in [7, 11) is 1.69. The van der Waals surface area contributed by atoms with Crippen molar-refractivity contribution in [1.82, 2.24) is 15.1 Å². The van der Waals surface area contributed by atoms with Crippen LogP contribution in [0, 0.1) is 5.92 Å². The molecule has 0 radical (unpaired) electrons. The maximum absolute atomic E-state index is 12.5. The summed E-state index contributed by atoms with van der Waals surface area (Å²) < 4.78 is 5.25. The molecule has 8 heteroatoms. The summed E-state index contributed by atoms with van der Waals surface area (Å²) in [6.45, 7) is 11.2. The average molecular weight is 543 g/mol. The number of carbonyl (C=O) groups is 1. The fourth-order valence-electron chi connectivity index (χ4n) is 4.23. The zero-order valence-corrected chi connectivity index (χ0v) is 21.5. The van der Waals surface area contributed by atoms with Gasteiger partial charge in [0.05, 0.1) is 13.7 Å². The monoisotopic (exact) mass is 543 g/mol. The van der Waals surface area contributed by atoms with Gasteiger partial charge in [-0.05, 0) is 49.9 Å². The summed E-state index contributed by atoms with van der Waals surface area (Å²) in [5.74, 6) is 2.66. The van der Waals surface area contributed by atoms with Crippen molar-refractivity contribution in [3.05, 3.63) is 24.3 Å². The summed E-state index contributed by atoms with van der Waals surface area (Å²) in [4.78, 5) is 24.0. The van der Waals surface area contributed by atoms with Gasteiger partial charge in [-0.15, -0.1) is 24.0 Å². The normalized spacial score (nSPS) is 19.6. The minimum atomic E-state index is 0. The fraction of sp³-hybridized carbons (Fsp3) is 0.652. The van der Waals surface area contributed by atoms with Gasteiger partial charge in [0.25, 0.3) is 0 Å². The molecule has 0 saturated carbocycles. The molecule has 1 aromatic rings. The Labute approximate surface area is 204 Å². The summed E-state index contributed by atoms with van der Waals surface area (Å²) in [6, 6.07) is 8.24. The number of nitrogens with zero attached hydrogens (tertiary/aromatic N) is 4. The summed E-state index contributed by atoms with van der Waals surface area (Å²) >= 11 is 0. The molecule has 0 aromatic heterocycles. The minimum Gasteiger partial charge on any atom is -0.497 e. The van der Waals surface area contributed by atoms with Gasteiger partial charge in [0.2, 0.25) is 5.91 Å². The number of hydrogen-bond donors (Lipinski definition) is 1. The number of carbonyl (C=O) groups excluding carboxylic acids is 1. The van der Waals surface area contributed by atoms with Crippen LogP contribution in [-0.2, 0) is 4.79 Å². The molecule has 1 aromatic carbocycles. The lowest BCUT2D eigenvalue weighted by molar-refractivity contribution is -0.132. The van der Waals surface area contributed by atoms with E-state index in [2.05, 4.69) is 41.1 Å². The number of hydrogen-bond acceptors (Lipinski definition) is 4. The lowest BCUT2D eigenvalue weighted by atomic mass is 10.00. The van der Waals surface area contributed by atoms with Crippen LogP contribution in [0.2, 0.25) is 0 Å². The van der Waals surface area contributed by atoms with Crippen molar-refractivity contribution in [2.45, 2.75) is 33.1 Å². The van der Waals surface area contributed by atoms with Gasteiger partial charge >= 0.3 is 0 Å². The van der Waals surface area contributed by atoms with Crippen molar-refractivity contribution in [2.75, 3.05) is 64.4 Å². The number of amides is 1. The molecule has 2 aliphatic heterocycles. The van der Waals surface area contributed by atoms with Crippen molar-refractivity contribution in [3.63, 3.8) is 0 Å². The highest BCUT2D eigenvalue weighted by Crippen LogP contribution is 2.20. The van der Waals surface area contributed by atoms with Crippen LogP contribution in [0.3, 0.4) is 0 Å². The lowest BCUT2D eigenvalue weighted by Gasteiger charge is -2.37. The number of likely N-dealkylation sites (tertiary alicyclic amines) is 1. The molecule has 1 unspecified atom stereocenters. The van der Waals surface area contributed by atoms with Crippen molar-refractivity contribution in [1.29, 1.82) is 0 Å². The van der Waals surface area contributed by atoms with Crippen LogP contribution in [0.5, 0.6) is 5.75 Å². The average Bonchev–Trinajstić information content (AvgIpc) is 2.78. The number of rotatable bonds is 6. The van der Waals surface area contributed by atoms with Gasteiger partial charge in [-0.25, -0.2) is 0 Å². The van der Waals surface area contributed by atoms with Crippen molar-refractivity contribution < 1.29 is 9.53 Å². The molecule has 1 N–H and O–H groups in total. The number of guanidine groups is 1. The number of piperidine rings is 1. The van der Waals surface area contributed by atoms with Crippen LogP contribution in [-0.4, -0.2) is 81.1 Å². The van der Waals surface area contributed by atoms with E-state index in [9.17, 15) is 4.79 Å².